The summed E-state index contributed by atoms with van der Waals surface area (Å²) in [5.74, 6) is -0.740. The molecule has 0 aliphatic carbocycles. The van der Waals surface area contributed by atoms with Crippen LogP contribution in [0.5, 0.6) is 0 Å². The zero-order chi connectivity index (χ0) is 15.8. The summed E-state index contributed by atoms with van der Waals surface area (Å²) in [7, 11) is 0. The number of hydrogen-bond donors (Lipinski definition) is 2. The summed E-state index contributed by atoms with van der Waals surface area (Å²) in [6, 6.07) is 10.5. The number of carbonyl (C=O) groups excluding carboxylic acids is 2. The normalized spacial score (nSPS) is 10.4. The first kappa shape index (κ1) is 15.8. The van der Waals surface area contributed by atoms with Crippen molar-refractivity contribution in [1.29, 1.82) is 0 Å². The first-order valence-electron chi connectivity index (χ1n) is 6.41. The van der Waals surface area contributed by atoms with Crippen LogP contribution in [-0.4, -0.2) is 29.6 Å². The minimum absolute atomic E-state index is 0.157. The lowest BCUT2D eigenvalue weighted by molar-refractivity contribution is -0.120. The van der Waals surface area contributed by atoms with Crippen LogP contribution in [0, 0.1) is 0 Å². The summed E-state index contributed by atoms with van der Waals surface area (Å²) in [6.07, 6.45) is 4.74. The fourth-order valence-electron chi connectivity index (χ4n) is 1.56. The number of benzene rings is 1. The second-order valence-corrected chi connectivity index (χ2v) is 5.19. The van der Waals surface area contributed by atoms with Crippen molar-refractivity contribution in [2.75, 3.05) is 6.54 Å². The van der Waals surface area contributed by atoms with Gasteiger partial charge in [0.1, 0.15) is 0 Å². The third-order valence-electron chi connectivity index (χ3n) is 2.58. The van der Waals surface area contributed by atoms with Crippen molar-refractivity contribution in [2.24, 2.45) is 5.10 Å². The second kappa shape index (κ2) is 8.04. The van der Waals surface area contributed by atoms with Gasteiger partial charge in [0.25, 0.3) is 11.8 Å². The molecule has 1 heterocycles. The van der Waals surface area contributed by atoms with E-state index in [9.17, 15) is 9.59 Å². The first-order chi connectivity index (χ1) is 10.6. The highest BCUT2D eigenvalue weighted by Crippen LogP contribution is 2.11. The molecule has 0 radical (unpaired) electrons. The van der Waals surface area contributed by atoms with Crippen LogP contribution < -0.4 is 10.7 Å². The third kappa shape index (κ3) is 5.10. The largest absolute Gasteiger partial charge is 0.343 e. The number of aromatic nitrogens is 1. The van der Waals surface area contributed by atoms with Gasteiger partial charge in [0.15, 0.2) is 0 Å². The molecule has 0 saturated heterocycles. The number of rotatable bonds is 5. The lowest BCUT2D eigenvalue weighted by atomic mass is 10.2. The molecule has 0 saturated carbocycles. The smallest absolute Gasteiger partial charge is 0.259 e. The maximum atomic E-state index is 11.8. The predicted molar refractivity (Wildman–Crippen MR) is 86.4 cm³/mol. The van der Waals surface area contributed by atoms with Crippen LogP contribution in [0.1, 0.15) is 15.9 Å². The lowest BCUT2D eigenvalue weighted by Gasteiger charge is -2.04. The maximum absolute atomic E-state index is 11.8. The quantitative estimate of drug-likeness (QED) is 0.628. The van der Waals surface area contributed by atoms with E-state index in [2.05, 4.69) is 36.8 Å². The Bertz CT molecular complexity index is 689. The van der Waals surface area contributed by atoms with Gasteiger partial charge in [-0.15, -0.1) is 0 Å². The average molecular weight is 361 g/mol. The van der Waals surface area contributed by atoms with Crippen LogP contribution in [0.2, 0.25) is 0 Å². The van der Waals surface area contributed by atoms with Gasteiger partial charge in [0, 0.05) is 28.0 Å². The van der Waals surface area contributed by atoms with E-state index in [1.807, 2.05) is 6.07 Å². The molecule has 0 aliphatic heterocycles. The van der Waals surface area contributed by atoms with Gasteiger partial charge in [0.05, 0.1) is 12.8 Å². The Balaban J connectivity index is 1.78. The molecular formula is C15H13BrN4O2. The number of carbonyl (C=O) groups is 2. The predicted octanol–water partition coefficient (Wildman–Crippen LogP) is 1.72. The summed E-state index contributed by atoms with van der Waals surface area (Å²) >= 11 is 3.28. The molecule has 0 aliphatic rings. The van der Waals surface area contributed by atoms with E-state index >= 15 is 0 Å². The van der Waals surface area contributed by atoms with Crippen LogP contribution in [-0.2, 0) is 4.79 Å². The molecule has 0 fully saturated rings. The minimum Gasteiger partial charge on any atom is -0.343 e. The first-order valence-corrected chi connectivity index (χ1v) is 7.20. The van der Waals surface area contributed by atoms with Crippen molar-refractivity contribution < 1.29 is 9.59 Å². The SMILES string of the molecule is O=C(CNC(=O)c1cccc(Br)c1)NN=Cc1cccnc1. The summed E-state index contributed by atoms with van der Waals surface area (Å²) < 4.78 is 0.797. The molecule has 6 nitrogen and oxygen atoms in total. The fraction of sp³-hybridized carbons (Fsp3) is 0.0667. The molecule has 2 aromatic rings. The summed E-state index contributed by atoms with van der Waals surface area (Å²) in [4.78, 5) is 27.3. The van der Waals surface area contributed by atoms with Crippen LogP contribution >= 0.6 is 15.9 Å². The Morgan fingerprint density at radius 2 is 2.14 bits per heavy atom. The Morgan fingerprint density at radius 3 is 2.86 bits per heavy atom. The molecule has 0 unspecified atom stereocenters. The van der Waals surface area contributed by atoms with Gasteiger partial charge in [-0.1, -0.05) is 28.1 Å². The summed E-state index contributed by atoms with van der Waals surface area (Å²) in [5.41, 5.74) is 3.57. The molecule has 112 valence electrons. The fourth-order valence-corrected chi connectivity index (χ4v) is 1.96. The van der Waals surface area contributed by atoms with Crippen molar-refractivity contribution >= 4 is 34.0 Å². The molecule has 0 atom stereocenters. The molecule has 2 rings (SSSR count). The number of hydrogen-bond acceptors (Lipinski definition) is 4. The molecule has 7 heteroatoms. The van der Waals surface area contributed by atoms with Gasteiger partial charge >= 0.3 is 0 Å². The topological polar surface area (TPSA) is 83.5 Å². The summed E-state index contributed by atoms with van der Waals surface area (Å²) in [6.45, 7) is -0.157. The molecule has 22 heavy (non-hydrogen) atoms. The Morgan fingerprint density at radius 1 is 1.27 bits per heavy atom. The molecule has 1 aromatic heterocycles. The van der Waals surface area contributed by atoms with Gasteiger partial charge in [-0.2, -0.15) is 5.10 Å². The van der Waals surface area contributed by atoms with Crippen molar-refractivity contribution in [3.05, 3.63) is 64.4 Å². The number of nitrogens with one attached hydrogen (secondary N) is 2. The average Bonchev–Trinajstić information content (AvgIpc) is 2.53. The van der Waals surface area contributed by atoms with Crippen LogP contribution in [0.3, 0.4) is 0 Å². The monoisotopic (exact) mass is 360 g/mol. The van der Waals surface area contributed by atoms with Gasteiger partial charge < -0.3 is 5.32 Å². The van der Waals surface area contributed by atoms with E-state index in [4.69, 9.17) is 0 Å². The number of halogens is 1. The zero-order valence-electron chi connectivity index (χ0n) is 11.5. The van der Waals surface area contributed by atoms with Crippen LogP contribution in [0.25, 0.3) is 0 Å². The maximum Gasteiger partial charge on any atom is 0.259 e. The standard InChI is InChI=1S/C15H13BrN4O2/c16-13-5-1-4-12(7-13)15(22)18-10-14(21)20-19-9-11-3-2-6-17-8-11/h1-9H,10H2,(H,18,22)(H,20,21). The molecule has 2 N–H and O–H groups in total. The Kier molecular flexibility index (Phi) is 5.79. The lowest BCUT2D eigenvalue weighted by Crippen LogP contribution is -2.34. The molecule has 2 amide bonds. The van der Waals surface area contributed by atoms with Crippen LogP contribution in [0.15, 0.2) is 58.4 Å². The molecule has 0 bridgehead atoms. The van der Waals surface area contributed by atoms with E-state index in [0.29, 0.717) is 5.56 Å². The minimum atomic E-state index is -0.413. The third-order valence-corrected chi connectivity index (χ3v) is 3.08. The Labute approximate surface area is 135 Å². The van der Waals surface area contributed by atoms with E-state index < -0.39 is 5.91 Å². The number of amides is 2. The molecule has 1 aromatic carbocycles. The van der Waals surface area contributed by atoms with E-state index in [1.165, 1.54) is 6.21 Å². The number of pyridine rings is 1. The Hall–Kier alpha value is -2.54. The van der Waals surface area contributed by atoms with Crippen molar-refractivity contribution in [2.45, 2.75) is 0 Å². The van der Waals surface area contributed by atoms with Crippen LogP contribution in [0.4, 0.5) is 0 Å². The van der Waals surface area contributed by atoms with Crippen molar-refractivity contribution in [3.63, 3.8) is 0 Å². The second-order valence-electron chi connectivity index (χ2n) is 4.27. The molecular weight excluding hydrogens is 348 g/mol. The number of hydrazone groups is 1. The highest BCUT2D eigenvalue weighted by molar-refractivity contribution is 9.10. The van der Waals surface area contributed by atoms with Gasteiger partial charge in [-0.25, -0.2) is 5.43 Å². The van der Waals surface area contributed by atoms with E-state index in [1.54, 1.807) is 42.7 Å². The highest BCUT2D eigenvalue weighted by atomic mass is 79.9. The molecule has 0 spiro atoms. The van der Waals surface area contributed by atoms with Gasteiger partial charge in [0.2, 0.25) is 0 Å². The van der Waals surface area contributed by atoms with Gasteiger partial charge in [-0.05, 0) is 24.3 Å². The van der Waals surface area contributed by atoms with Crippen molar-refractivity contribution in [3.8, 4) is 0 Å². The highest BCUT2D eigenvalue weighted by Gasteiger charge is 2.07. The van der Waals surface area contributed by atoms with E-state index in [-0.39, 0.29) is 12.5 Å². The van der Waals surface area contributed by atoms with Gasteiger partial charge in [-0.3, -0.25) is 14.6 Å². The van der Waals surface area contributed by atoms with Crippen molar-refractivity contribution in [1.82, 2.24) is 15.7 Å². The van der Waals surface area contributed by atoms with E-state index in [0.717, 1.165) is 10.0 Å². The zero-order valence-corrected chi connectivity index (χ0v) is 13.1. The number of nitrogens with zero attached hydrogens (tertiary/aromatic N) is 2. The summed E-state index contributed by atoms with van der Waals surface area (Å²) in [5, 5.41) is 6.30.